The Labute approximate surface area is 208 Å². The molecule has 4 bridgehead atoms. The van der Waals surface area contributed by atoms with Gasteiger partial charge in [-0.25, -0.2) is 22.5 Å². The molecule has 1 aliphatic rings. The quantitative estimate of drug-likeness (QED) is 0.369. The van der Waals surface area contributed by atoms with Crippen molar-refractivity contribution in [1.29, 1.82) is 0 Å². The molecular formula is C26H24FN5O3S. The van der Waals surface area contributed by atoms with Gasteiger partial charge < -0.3 is 15.4 Å². The molecule has 1 aromatic heterocycles. The maximum absolute atomic E-state index is 14.9. The number of fused-ring (bicyclic) bond motifs is 4. The van der Waals surface area contributed by atoms with Gasteiger partial charge in [0, 0.05) is 30.5 Å². The van der Waals surface area contributed by atoms with Crippen LogP contribution in [0.1, 0.15) is 12.0 Å². The molecule has 0 unspecified atom stereocenters. The number of anilines is 3. The molecule has 3 aromatic carbocycles. The average molecular weight is 506 g/mol. The summed E-state index contributed by atoms with van der Waals surface area (Å²) in [6.07, 6.45) is 2.13. The third kappa shape index (κ3) is 5.45. The lowest BCUT2D eigenvalue weighted by Gasteiger charge is -2.14. The summed E-state index contributed by atoms with van der Waals surface area (Å²) in [6, 6.07) is 20.7. The van der Waals surface area contributed by atoms with Crippen molar-refractivity contribution in [3.8, 4) is 16.9 Å². The maximum atomic E-state index is 14.9. The van der Waals surface area contributed by atoms with Crippen LogP contribution in [0.2, 0.25) is 0 Å². The number of benzene rings is 3. The molecule has 0 radical (unpaired) electrons. The molecule has 0 spiro atoms. The molecule has 8 nitrogen and oxygen atoms in total. The van der Waals surface area contributed by atoms with Crippen LogP contribution in [0, 0.1) is 5.82 Å². The lowest BCUT2D eigenvalue weighted by atomic mass is 10.1. The first-order valence-electron chi connectivity index (χ1n) is 11.4. The van der Waals surface area contributed by atoms with Gasteiger partial charge in [0.15, 0.2) is 11.6 Å². The van der Waals surface area contributed by atoms with Crippen LogP contribution in [0.25, 0.3) is 11.1 Å². The van der Waals surface area contributed by atoms with Gasteiger partial charge in [0.25, 0.3) is 0 Å². The third-order valence-corrected chi connectivity index (χ3v) is 7.07. The largest absolute Gasteiger partial charge is 0.486 e. The zero-order chi connectivity index (χ0) is 25.0. The Hall–Kier alpha value is -4.02. The minimum Gasteiger partial charge on any atom is -0.486 e. The molecule has 1 aliphatic heterocycles. The van der Waals surface area contributed by atoms with Crippen molar-refractivity contribution in [1.82, 2.24) is 14.7 Å². The fourth-order valence-corrected chi connectivity index (χ4v) is 4.88. The minimum absolute atomic E-state index is 0.154. The summed E-state index contributed by atoms with van der Waals surface area (Å²) in [5.41, 5.74) is 2.67. The number of nitrogens with one attached hydrogen (secondary N) is 3. The summed E-state index contributed by atoms with van der Waals surface area (Å²) in [5.74, 6) is 0.449. The molecule has 0 atom stereocenters. The zero-order valence-electron chi connectivity index (χ0n) is 19.2. The second-order valence-electron chi connectivity index (χ2n) is 8.21. The second-order valence-corrected chi connectivity index (χ2v) is 9.97. The van der Waals surface area contributed by atoms with Crippen molar-refractivity contribution in [2.24, 2.45) is 0 Å². The standard InChI is InChI=1S/C26H24FN5O3S/c27-23-14-19(10-11-24(23)35-17-18-6-2-1-3-7-18)22-16-29-26-31-20-8-4-9-21(15-20)36(33,34)30-13-5-12-28-25(22)32-26/h1-4,6-11,14-16,30H,5,12-13,17H2,(H2,28,29,31,32). The van der Waals surface area contributed by atoms with Crippen LogP contribution in [-0.2, 0) is 16.6 Å². The summed E-state index contributed by atoms with van der Waals surface area (Å²) < 4.78 is 48.3. The number of nitrogens with zero attached hydrogens (tertiary/aromatic N) is 2. The topological polar surface area (TPSA) is 105 Å². The Balaban J connectivity index is 1.42. The van der Waals surface area contributed by atoms with Crippen molar-refractivity contribution in [2.75, 3.05) is 23.7 Å². The molecule has 4 aromatic rings. The Morgan fingerprint density at radius 1 is 0.972 bits per heavy atom. The van der Waals surface area contributed by atoms with Gasteiger partial charge in [0.1, 0.15) is 12.4 Å². The molecular weight excluding hydrogens is 481 g/mol. The average Bonchev–Trinajstić information content (AvgIpc) is 2.89. The van der Waals surface area contributed by atoms with E-state index in [-0.39, 0.29) is 29.7 Å². The van der Waals surface area contributed by atoms with Crippen LogP contribution in [-0.4, -0.2) is 31.5 Å². The van der Waals surface area contributed by atoms with Gasteiger partial charge in [0.05, 0.1) is 4.90 Å². The third-order valence-electron chi connectivity index (χ3n) is 5.61. The van der Waals surface area contributed by atoms with Crippen LogP contribution in [0.5, 0.6) is 5.75 Å². The Kier molecular flexibility index (Phi) is 6.79. The summed E-state index contributed by atoms with van der Waals surface area (Å²) >= 11 is 0. The Morgan fingerprint density at radius 2 is 1.83 bits per heavy atom. The van der Waals surface area contributed by atoms with Crippen LogP contribution < -0.4 is 20.1 Å². The van der Waals surface area contributed by atoms with E-state index in [9.17, 15) is 12.8 Å². The number of rotatable bonds is 4. The van der Waals surface area contributed by atoms with Gasteiger partial charge >= 0.3 is 0 Å². The first-order valence-corrected chi connectivity index (χ1v) is 12.9. The van der Waals surface area contributed by atoms with Crippen LogP contribution >= 0.6 is 0 Å². The predicted molar refractivity (Wildman–Crippen MR) is 136 cm³/mol. The number of hydrogen-bond acceptors (Lipinski definition) is 7. The highest BCUT2D eigenvalue weighted by atomic mass is 32.2. The number of ether oxygens (including phenoxy) is 1. The first kappa shape index (κ1) is 23.7. The van der Waals surface area contributed by atoms with Crippen molar-refractivity contribution < 1.29 is 17.5 Å². The molecule has 3 N–H and O–H groups in total. The van der Waals surface area contributed by atoms with Crippen molar-refractivity contribution in [3.63, 3.8) is 0 Å². The van der Waals surface area contributed by atoms with Gasteiger partial charge in [-0.2, -0.15) is 4.98 Å². The van der Waals surface area contributed by atoms with Crippen molar-refractivity contribution >= 4 is 27.5 Å². The smallest absolute Gasteiger partial charge is 0.240 e. The van der Waals surface area contributed by atoms with E-state index in [0.717, 1.165) is 5.56 Å². The second kappa shape index (κ2) is 10.3. The first-order chi connectivity index (χ1) is 17.5. The highest BCUT2D eigenvalue weighted by Crippen LogP contribution is 2.31. The van der Waals surface area contributed by atoms with E-state index in [1.807, 2.05) is 30.3 Å². The van der Waals surface area contributed by atoms with E-state index in [1.54, 1.807) is 30.5 Å². The molecule has 10 heteroatoms. The molecule has 0 saturated carbocycles. The summed E-state index contributed by atoms with van der Waals surface area (Å²) in [6.45, 7) is 0.963. The molecule has 0 amide bonds. The minimum atomic E-state index is -3.63. The van der Waals surface area contributed by atoms with Crippen LogP contribution in [0.15, 0.2) is 83.9 Å². The Bertz CT molecular complexity index is 1480. The van der Waals surface area contributed by atoms with Crippen LogP contribution in [0.4, 0.5) is 21.8 Å². The molecule has 5 rings (SSSR count). The lowest BCUT2D eigenvalue weighted by Crippen LogP contribution is -2.26. The molecule has 184 valence electrons. The number of halogens is 1. The van der Waals surface area contributed by atoms with E-state index < -0.39 is 15.8 Å². The van der Waals surface area contributed by atoms with E-state index in [4.69, 9.17) is 4.74 Å². The summed E-state index contributed by atoms with van der Waals surface area (Å²) in [5, 5.41) is 6.27. The van der Waals surface area contributed by atoms with Crippen LogP contribution in [0.3, 0.4) is 0 Å². The Morgan fingerprint density at radius 3 is 2.67 bits per heavy atom. The maximum Gasteiger partial charge on any atom is 0.240 e. The SMILES string of the molecule is O=S1(=O)NCCCNc2nc(ncc2-c2ccc(OCc3ccccc3)c(F)c2)Nc2cccc1c2. The van der Waals surface area contributed by atoms with Gasteiger partial charge in [-0.15, -0.1) is 0 Å². The molecule has 0 fully saturated rings. The highest BCUT2D eigenvalue weighted by Gasteiger charge is 2.17. The fraction of sp³-hybridized carbons (Fsp3) is 0.154. The van der Waals surface area contributed by atoms with Crippen molar-refractivity contribution in [2.45, 2.75) is 17.9 Å². The van der Waals surface area contributed by atoms with E-state index in [1.165, 1.54) is 18.2 Å². The number of hydrogen-bond donors (Lipinski definition) is 3. The van der Waals surface area contributed by atoms with Gasteiger partial charge in [-0.05, 0) is 47.9 Å². The highest BCUT2D eigenvalue weighted by molar-refractivity contribution is 7.89. The zero-order valence-corrected chi connectivity index (χ0v) is 20.1. The number of aromatic nitrogens is 2. The van der Waals surface area contributed by atoms with Gasteiger partial charge in [-0.3, -0.25) is 0 Å². The van der Waals surface area contributed by atoms with E-state index >= 15 is 0 Å². The monoisotopic (exact) mass is 505 g/mol. The molecule has 36 heavy (non-hydrogen) atoms. The summed E-state index contributed by atoms with van der Waals surface area (Å²) in [4.78, 5) is 9.10. The fourth-order valence-electron chi connectivity index (χ4n) is 3.76. The normalized spacial score (nSPS) is 14.8. The lowest BCUT2D eigenvalue weighted by molar-refractivity contribution is 0.290. The predicted octanol–water partition coefficient (Wildman–Crippen LogP) is 4.70. The molecule has 2 heterocycles. The van der Waals surface area contributed by atoms with Gasteiger partial charge in [0.2, 0.25) is 16.0 Å². The molecule has 0 saturated heterocycles. The molecule has 0 aliphatic carbocycles. The van der Waals surface area contributed by atoms with E-state index in [0.29, 0.717) is 35.6 Å². The van der Waals surface area contributed by atoms with Gasteiger partial charge in [-0.1, -0.05) is 42.5 Å². The van der Waals surface area contributed by atoms with E-state index in [2.05, 4.69) is 25.3 Å². The summed E-state index contributed by atoms with van der Waals surface area (Å²) in [7, 11) is -3.63. The van der Waals surface area contributed by atoms with Crippen molar-refractivity contribution in [3.05, 3.63) is 90.4 Å². The number of sulfonamides is 1.